The molecule has 0 heterocycles. The highest BCUT2D eigenvalue weighted by Crippen LogP contribution is 2.22. The van der Waals surface area contributed by atoms with E-state index in [0.29, 0.717) is 5.56 Å². The number of benzene rings is 1. The summed E-state index contributed by atoms with van der Waals surface area (Å²) < 4.78 is 0. The Morgan fingerprint density at radius 1 is 1.47 bits per heavy atom. The monoisotopic (exact) mass is 266 g/mol. The predicted molar refractivity (Wildman–Crippen MR) is 70.8 cm³/mol. The highest BCUT2D eigenvalue weighted by molar-refractivity contribution is 5.83. The fraction of sp³-hybridized carbons (Fsp3) is 0.462. The summed E-state index contributed by atoms with van der Waals surface area (Å²) >= 11 is 0. The minimum Gasteiger partial charge on any atom is -0.394 e. The van der Waals surface area contributed by atoms with Crippen molar-refractivity contribution in [1.29, 1.82) is 0 Å². The number of carbonyl (C=O) groups is 1. The standard InChI is InChI=1S/C13H18N2O4/c1-9(8-16)14(3)13(17)10(2)11-5-4-6-12(7-11)15(18)19/h4-7,9-10,16H,8H2,1-3H3. The van der Waals surface area contributed by atoms with E-state index in [4.69, 9.17) is 5.11 Å². The van der Waals surface area contributed by atoms with E-state index >= 15 is 0 Å². The largest absolute Gasteiger partial charge is 0.394 e. The zero-order valence-electron chi connectivity index (χ0n) is 11.2. The van der Waals surface area contributed by atoms with Gasteiger partial charge >= 0.3 is 0 Å². The Bertz CT molecular complexity index is 475. The SMILES string of the molecule is CC(C(=O)N(C)C(C)CO)c1cccc([N+](=O)[O-])c1. The second-order valence-corrected chi connectivity index (χ2v) is 4.55. The third-order valence-corrected chi connectivity index (χ3v) is 3.22. The molecule has 0 saturated heterocycles. The van der Waals surface area contributed by atoms with Crippen LogP contribution in [-0.4, -0.2) is 40.5 Å². The lowest BCUT2D eigenvalue weighted by molar-refractivity contribution is -0.384. The van der Waals surface area contributed by atoms with E-state index in [2.05, 4.69) is 0 Å². The van der Waals surface area contributed by atoms with Gasteiger partial charge in [0.25, 0.3) is 5.69 Å². The van der Waals surface area contributed by atoms with Gasteiger partial charge in [0.1, 0.15) is 0 Å². The van der Waals surface area contributed by atoms with Crippen LogP contribution < -0.4 is 0 Å². The first kappa shape index (κ1) is 15.1. The molecule has 1 aromatic rings. The minimum absolute atomic E-state index is 0.0324. The fourth-order valence-corrected chi connectivity index (χ4v) is 1.70. The number of nitro groups is 1. The van der Waals surface area contributed by atoms with Gasteiger partial charge in [0.2, 0.25) is 5.91 Å². The molecule has 2 unspecified atom stereocenters. The summed E-state index contributed by atoms with van der Waals surface area (Å²) in [5.41, 5.74) is 0.561. The Morgan fingerprint density at radius 2 is 2.11 bits per heavy atom. The van der Waals surface area contributed by atoms with E-state index in [1.807, 2.05) is 0 Å². The van der Waals surface area contributed by atoms with E-state index in [9.17, 15) is 14.9 Å². The maximum atomic E-state index is 12.2. The Labute approximate surface area is 111 Å². The zero-order valence-corrected chi connectivity index (χ0v) is 11.2. The lowest BCUT2D eigenvalue weighted by atomic mass is 9.99. The molecule has 6 heteroatoms. The number of carbonyl (C=O) groups excluding carboxylic acids is 1. The molecule has 0 aromatic heterocycles. The average Bonchev–Trinajstić information content (AvgIpc) is 2.44. The summed E-state index contributed by atoms with van der Waals surface area (Å²) in [5, 5.41) is 19.8. The van der Waals surface area contributed by atoms with Crippen molar-refractivity contribution in [3.8, 4) is 0 Å². The van der Waals surface area contributed by atoms with Crippen LogP contribution in [0, 0.1) is 10.1 Å². The second kappa shape index (κ2) is 6.29. The van der Waals surface area contributed by atoms with Crippen LogP contribution >= 0.6 is 0 Å². The number of hydrogen-bond acceptors (Lipinski definition) is 4. The van der Waals surface area contributed by atoms with Crippen LogP contribution in [0.4, 0.5) is 5.69 Å². The summed E-state index contributed by atoms with van der Waals surface area (Å²) in [6.45, 7) is 3.31. The molecule has 6 nitrogen and oxygen atoms in total. The summed E-state index contributed by atoms with van der Waals surface area (Å²) in [5.74, 6) is -0.666. The Kier molecular flexibility index (Phi) is 5.00. The Morgan fingerprint density at radius 3 is 2.63 bits per heavy atom. The normalized spacial score (nSPS) is 13.7. The third kappa shape index (κ3) is 3.51. The molecule has 0 saturated carbocycles. The van der Waals surface area contributed by atoms with E-state index < -0.39 is 10.8 Å². The number of aliphatic hydroxyl groups is 1. The highest BCUT2D eigenvalue weighted by atomic mass is 16.6. The first-order valence-electron chi connectivity index (χ1n) is 6.00. The van der Waals surface area contributed by atoms with E-state index in [0.717, 1.165) is 0 Å². The summed E-state index contributed by atoms with van der Waals surface area (Å²) in [7, 11) is 1.61. The predicted octanol–water partition coefficient (Wildman–Crippen LogP) is 1.54. The molecule has 0 radical (unpaired) electrons. The number of amides is 1. The average molecular weight is 266 g/mol. The molecule has 19 heavy (non-hydrogen) atoms. The van der Waals surface area contributed by atoms with Crippen molar-refractivity contribution < 1.29 is 14.8 Å². The highest BCUT2D eigenvalue weighted by Gasteiger charge is 2.23. The van der Waals surface area contributed by atoms with Crippen molar-refractivity contribution in [3.05, 3.63) is 39.9 Å². The van der Waals surface area contributed by atoms with Gasteiger partial charge in [-0.05, 0) is 19.4 Å². The van der Waals surface area contributed by atoms with Crippen molar-refractivity contribution in [3.63, 3.8) is 0 Å². The van der Waals surface area contributed by atoms with Crippen LogP contribution in [-0.2, 0) is 4.79 Å². The quantitative estimate of drug-likeness (QED) is 0.647. The molecule has 0 aliphatic rings. The van der Waals surface area contributed by atoms with Gasteiger partial charge in [-0.15, -0.1) is 0 Å². The van der Waals surface area contributed by atoms with Crippen LogP contribution in [0.1, 0.15) is 25.3 Å². The van der Waals surface area contributed by atoms with Gasteiger partial charge in [-0.2, -0.15) is 0 Å². The number of rotatable bonds is 5. The molecule has 1 rings (SSSR count). The third-order valence-electron chi connectivity index (χ3n) is 3.22. The maximum Gasteiger partial charge on any atom is 0.269 e. The van der Waals surface area contributed by atoms with Gasteiger partial charge in [-0.25, -0.2) is 0 Å². The zero-order chi connectivity index (χ0) is 14.6. The molecule has 0 fully saturated rings. The van der Waals surface area contributed by atoms with Gasteiger partial charge in [0.05, 0.1) is 23.5 Å². The molecular weight excluding hydrogens is 248 g/mol. The number of non-ortho nitro benzene ring substituents is 1. The second-order valence-electron chi connectivity index (χ2n) is 4.55. The smallest absolute Gasteiger partial charge is 0.269 e. The van der Waals surface area contributed by atoms with Crippen molar-refractivity contribution in [2.75, 3.05) is 13.7 Å². The van der Waals surface area contributed by atoms with Gasteiger partial charge < -0.3 is 10.0 Å². The molecule has 1 amide bonds. The van der Waals surface area contributed by atoms with Crippen LogP contribution in [0.2, 0.25) is 0 Å². The van der Waals surface area contributed by atoms with Crippen molar-refractivity contribution in [2.45, 2.75) is 25.8 Å². The van der Waals surface area contributed by atoms with Crippen LogP contribution in [0.15, 0.2) is 24.3 Å². The Balaban J connectivity index is 2.93. The number of hydrogen-bond donors (Lipinski definition) is 1. The van der Waals surface area contributed by atoms with Crippen molar-refractivity contribution in [2.24, 2.45) is 0 Å². The number of nitro benzene ring substituents is 1. The van der Waals surface area contributed by atoms with Crippen LogP contribution in [0.3, 0.4) is 0 Å². The van der Waals surface area contributed by atoms with Crippen LogP contribution in [0.25, 0.3) is 0 Å². The molecule has 1 N–H and O–H groups in total. The van der Waals surface area contributed by atoms with Gasteiger partial charge in [-0.1, -0.05) is 12.1 Å². The Hall–Kier alpha value is -1.95. The molecule has 0 spiro atoms. The van der Waals surface area contributed by atoms with Gasteiger partial charge in [-0.3, -0.25) is 14.9 Å². The molecule has 2 atom stereocenters. The first-order valence-corrected chi connectivity index (χ1v) is 6.00. The topological polar surface area (TPSA) is 83.7 Å². The molecule has 0 bridgehead atoms. The summed E-state index contributed by atoms with van der Waals surface area (Å²) in [4.78, 5) is 23.8. The number of nitrogens with zero attached hydrogens (tertiary/aromatic N) is 2. The van der Waals surface area contributed by atoms with Gasteiger partial charge in [0, 0.05) is 19.2 Å². The molecule has 1 aromatic carbocycles. The number of likely N-dealkylation sites (N-methyl/N-ethyl adjacent to an activating group) is 1. The summed E-state index contributed by atoms with van der Waals surface area (Å²) in [6.07, 6.45) is 0. The molecule has 0 aliphatic carbocycles. The maximum absolute atomic E-state index is 12.2. The summed E-state index contributed by atoms with van der Waals surface area (Å²) in [6, 6.07) is 5.76. The lowest BCUT2D eigenvalue weighted by Gasteiger charge is -2.26. The number of aliphatic hydroxyl groups excluding tert-OH is 1. The van der Waals surface area contributed by atoms with E-state index in [1.165, 1.54) is 17.0 Å². The minimum atomic E-state index is -0.487. The molecular formula is C13H18N2O4. The molecule has 0 aliphatic heterocycles. The van der Waals surface area contributed by atoms with E-state index in [1.54, 1.807) is 33.0 Å². The van der Waals surface area contributed by atoms with E-state index in [-0.39, 0.29) is 24.2 Å². The van der Waals surface area contributed by atoms with Crippen molar-refractivity contribution in [1.82, 2.24) is 4.90 Å². The van der Waals surface area contributed by atoms with Gasteiger partial charge in [0.15, 0.2) is 0 Å². The fourth-order valence-electron chi connectivity index (χ4n) is 1.70. The van der Waals surface area contributed by atoms with Crippen LogP contribution in [0.5, 0.6) is 0 Å². The van der Waals surface area contributed by atoms with Crippen molar-refractivity contribution >= 4 is 11.6 Å². The first-order chi connectivity index (χ1) is 8.88. The molecule has 104 valence electrons. The lowest BCUT2D eigenvalue weighted by Crippen LogP contribution is -2.39.